The fourth-order valence-electron chi connectivity index (χ4n) is 3.46. The third-order valence-electron chi connectivity index (χ3n) is 4.70. The van der Waals surface area contributed by atoms with Crippen molar-refractivity contribution in [1.29, 1.82) is 0 Å². The molecule has 1 aliphatic heterocycles. The van der Waals surface area contributed by atoms with E-state index in [2.05, 4.69) is 41.4 Å². The van der Waals surface area contributed by atoms with Crippen LogP contribution in [0.25, 0.3) is 0 Å². The summed E-state index contributed by atoms with van der Waals surface area (Å²) in [4.78, 5) is 14.5. The van der Waals surface area contributed by atoms with Crippen molar-refractivity contribution >= 4 is 5.91 Å². The molecule has 0 spiro atoms. The van der Waals surface area contributed by atoms with Crippen LogP contribution in [0.5, 0.6) is 0 Å². The zero-order chi connectivity index (χ0) is 16.9. The van der Waals surface area contributed by atoms with Crippen LogP contribution in [-0.4, -0.2) is 35.0 Å². The molecule has 24 heavy (non-hydrogen) atoms. The first-order valence-corrected chi connectivity index (χ1v) is 8.74. The molecule has 128 valence electrons. The maximum absolute atomic E-state index is 12.1. The molecule has 1 N–H and O–H groups in total. The highest BCUT2D eigenvalue weighted by Crippen LogP contribution is 2.18. The summed E-state index contributed by atoms with van der Waals surface area (Å²) in [7, 11) is 1.97. The molecule has 1 aromatic heterocycles. The standard InChI is InChI=1S/C20H27N3O/c1-16-4-3-5-17(10-16)14-23-9-7-19(15-23)12-21-20(24)11-18-6-8-22(2)13-18/h3-6,8,10,13,19H,7,9,11-12,14-15H2,1-2H3,(H,21,24)/t19-/m0/s1. The van der Waals surface area contributed by atoms with E-state index in [-0.39, 0.29) is 5.91 Å². The highest BCUT2D eigenvalue weighted by atomic mass is 16.1. The molecule has 2 heterocycles. The lowest BCUT2D eigenvalue weighted by molar-refractivity contribution is -0.120. The van der Waals surface area contributed by atoms with E-state index in [4.69, 9.17) is 0 Å². The molecule has 0 bridgehead atoms. The molecule has 3 rings (SSSR count). The minimum atomic E-state index is 0.123. The Bertz CT molecular complexity index is 692. The van der Waals surface area contributed by atoms with Crippen molar-refractivity contribution in [1.82, 2.24) is 14.8 Å². The number of hydrogen-bond acceptors (Lipinski definition) is 2. The summed E-state index contributed by atoms with van der Waals surface area (Å²) in [6.07, 6.45) is 5.61. The monoisotopic (exact) mass is 325 g/mol. The fourth-order valence-corrected chi connectivity index (χ4v) is 3.46. The maximum Gasteiger partial charge on any atom is 0.224 e. The molecule has 0 unspecified atom stereocenters. The van der Waals surface area contributed by atoms with Gasteiger partial charge in [-0.15, -0.1) is 0 Å². The molecule has 4 nitrogen and oxygen atoms in total. The van der Waals surface area contributed by atoms with Gasteiger partial charge in [-0.3, -0.25) is 9.69 Å². The third kappa shape index (κ3) is 4.71. The summed E-state index contributed by atoms with van der Waals surface area (Å²) in [6.45, 7) is 6.12. The number of aryl methyl sites for hydroxylation is 2. The number of aromatic nitrogens is 1. The van der Waals surface area contributed by atoms with Gasteiger partial charge in [-0.25, -0.2) is 0 Å². The van der Waals surface area contributed by atoms with E-state index in [9.17, 15) is 4.79 Å². The van der Waals surface area contributed by atoms with Crippen molar-refractivity contribution in [2.45, 2.75) is 26.3 Å². The molecule has 1 fully saturated rings. The second-order valence-electron chi connectivity index (χ2n) is 7.04. The summed E-state index contributed by atoms with van der Waals surface area (Å²) in [5.74, 6) is 0.688. The van der Waals surface area contributed by atoms with Crippen LogP contribution in [-0.2, 0) is 24.8 Å². The number of hydrogen-bond donors (Lipinski definition) is 1. The van der Waals surface area contributed by atoms with Gasteiger partial charge in [0.25, 0.3) is 0 Å². The molecule has 1 aliphatic rings. The van der Waals surface area contributed by atoms with Gasteiger partial charge in [-0.2, -0.15) is 0 Å². The minimum absolute atomic E-state index is 0.123. The van der Waals surface area contributed by atoms with Crippen molar-refractivity contribution in [2.75, 3.05) is 19.6 Å². The molecule has 4 heteroatoms. The summed E-state index contributed by atoms with van der Waals surface area (Å²) in [5.41, 5.74) is 3.77. The number of benzene rings is 1. The molecule has 1 atom stereocenters. The molecule has 1 amide bonds. The number of nitrogens with one attached hydrogen (secondary N) is 1. The molecule has 0 radical (unpaired) electrons. The van der Waals surface area contributed by atoms with Crippen LogP contribution in [0.15, 0.2) is 42.7 Å². The number of amides is 1. The Hall–Kier alpha value is -2.07. The molecular formula is C20H27N3O. The molecule has 2 aromatic rings. The van der Waals surface area contributed by atoms with Crippen molar-refractivity contribution in [2.24, 2.45) is 13.0 Å². The second-order valence-corrected chi connectivity index (χ2v) is 7.04. The summed E-state index contributed by atoms with van der Waals surface area (Å²) in [5, 5.41) is 3.10. The van der Waals surface area contributed by atoms with Gasteiger partial charge in [0.15, 0.2) is 0 Å². The van der Waals surface area contributed by atoms with E-state index >= 15 is 0 Å². The quantitative estimate of drug-likeness (QED) is 0.886. The van der Waals surface area contributed by atoms with E-state index in [1.165, 1.54) is 11.1 Å². The molecular weight excluding hydrogens is 298 g/mol. The van der Waals surface area contributed by atoms with Crippen molar-refractivity contribution in [3.05, 3.63) is 59.4 Å². The minimum Gasteiger partial charge on any atom is -0.357 e. The SMILES string of the molecule is Cc1cccc(CN2CC[C@@H](CNC(=O)Cc3ccn(C)c3)C2)c1. The molecule has 1 saturated heterocycles. The third-order valence-corrected chi connectivity index (χ3v) is 4.70. The average molecular weight is 325 g/mol. The number of carbonyl (C=O) groups is 1. The zero-order valence-electron chi connectivity index (χ0n) is 14.7. The first-order valence-electron chi connectivity index (χ1n) is 8.74. The summed E-state index contributed by atoms with van der Waals surface area (Å²) in [6, 6.07) is 10.7. The highest BCUT2D eigenvalue weighted by molar-refractivity contribution is 5.78. The topological polar surface area (TPSA) is 37.3 Å². The zero-order valence-corrected chi connectivity index (χ0v) is 14.7. The Labute approximate surface area is 144 Å². The van der Waals surface area contributed by atoms with Gasteiger partial charge in [0, 0.05) is 39.1 Å². The van der Waals surface area contributed by atoms with Gasteiger partial charge in [-0.1, -0.05) is 29.8 Å². The van der Waals surface area contributed by atoms with Gasteiger partial charge in [0.2, 0.25) is 5.91 Å². The predicted molar refractivity (Wildman–Crippen MR) is 96.7 cm³/mol. The van der Waals surface area contributed by atoms with Crippen LogP contribution in [0.4, 0.5) is 0 Å². The smallest absolute Gasteiger partial charge is 0.224 e. The van der Waals surface area contributed by atoms with E-state index in [1.807, 2.05) is 30.1 Å². The van der Waals surface area contributed by atoms with Crippen LogP contribution in [0.1, 0.15) is 23.1 Å². The lowest BCUT2D eigenvalue weighted by Crippen LogP contribution is -2.31. The molecule has 0 saturated carbocycles. The maximum atomic E-state index is 12.1. The second kappa shape index (κ2) is 7.67. The van der Waals surface area contributed by atoms with Gasteiger partial charge >= 0.3 is 0 Å². The number of rotatable bonds is 6. The van der Waals surface area contributed by atoms with Crippen molar-refractivity contribution < 1.29 is 4.79 Å². The molecule has 1 aromatic carbocycles. The average Bonchev–Trinajstić information content (AvgIpc) is 3.14. The summed E-state index contributed by atoms with van der Waals surface area (Å²) >= 11 is 0. The van der Waals surface area contributed by atoms with Gasteiger partial charge < -0.3 is 9.88 Å². The van der Waals surface area contributed by atoms with Gasteiger partial charge in [-0.05, 0) is 43.0 Å². The first kappa shape index (κ1) is 16.8. The molecule has 0 aliphatic carbocycles. The first-order chi connectivity index (χ1) is 11.6. The number of carbonyl (C=O) groups excluding carboxylic acids is 1. The lowest BCUT2D eigenvalue weighted by atomic mass is 10.1. The van der Waals surface area contributed by atoms with Crippen LogP contribution in [0, 0.1) is 12.8 Å². The Morgan fingerprint density at radius 1 is 1.29 bits per heavy atom. The van der Waals surface area contributed by atoms with Gasteiger partial charge in [0.05, 0.1) is 6.42 Å². The van der Waals surface area contributed by atoms with Crippen molar-refractivity contribution in [3.63, 3.8) is 0 Å². The Balaban J connectivity index is 1.40. The van der Waals surface area contributed by atoms with Gasteiger partial charge in [0.1, 0.15) is 0 Å². The predicted octanol–water partition coefficient (Wildman–Crippen LogP) is 2.51. The van der Waals surface area contributed by atoms with Crippen molar-refractivity contribution in [3.8, 4) is 0 Å². The number of nitrogens with zero attached hydrogens (tertiary/aromatic N) is 2. The van der Waals surface area contributed by atoms with Crippen LogP contribution < -0.4 is 5.32 Å². The lowest BCUT2D eigenvalue weighted by Gasteiger charge is -2.16. The van der Waals surface area contributed by atoms with Crippen LogP contribution in [0.2, 0.25) is 0 Å². The number of likely N-dealkylation sites (tertiary alicyclic amines) is 1. The largest absolute Gasteiger partial charge is 0.357 e. The summed E-state index contributed by atoms with van der Waals surface area (Å²) < 4.78 is 1.97. The van der Waals surface area contributed by atoms with E-state index in [1.54, 1.807) is 0 Å². The van der Waals surface area contributed by atoms with E-state index < -0.39 is 0 Å². The van der Waals surface area contributed by atoms with E-state index in [0.29, 0.717) is 12.3 Å². The van der Waals surface area contributed by atoms with E-state index in [0.717, 1.165) is 38.2 Å². The van der Waals surface area contributed by atoms with Crippen LogP contribution >= 0.6 is 0 Å². The highest BCUT2D eigenvalue weighted by Gasteiger charge is 2.22. The fraction of sp³-hybridized carbons (Fsp3) is 0.450. The Morgan fingerprint density at radius 3 is 2.92 bits per heavy atom. The normalized spacial score (nSPS) is 18.0. The van der Waals surface area contributed by atoms with Crippen LogP contribution in [0.3, 0.4) is 0 Å². The Morgan fingerprint density at radius 2 is 2.17 bits per heavy atom. The Kier molecular flexibility index (Phi) is 5.36.